The van der Waals surface area contributed by atoms with Gasteiger partial charge in [-0.2, -0.15) is 0 Å². The Morgan fingerprint density at radius 3 is 2.89 bits per heavy atom. The fourth-order valence-corrected chi connectivity index (χ4v) is 2.40. The zero-order valence-corrected chi connectivity index (χ0v) is 12.6. The Balaban J connectivity index is 2.17. The number of ether oxygens (including phenoxy) is 1. The van der Waals surface area contributed by atoms with Gasteiger partial charge in [0.2, 0.25) is 5.91 Å². The minimum Gasteiger partial charge on any atom is -0.371 e. The maximum atomic E-state index is 12.0. The highest BCUT2D eigenvalue weighted by Crippen LogP contribution is 2.12. The lowest BCUT2D eigenvalue weighted by Crippen LogP contribution is -2.37. The predicted octanol–water partition coefficient (Wildman–Crippen LogP) is 2.04. The second kappa shape index (κ2) is 10.2. The van der Waals surface area contributed by atoms with Crippen molar-refractivity contribution in [3.8, 4) is 0 Å². The minimum atomic E-state index is 0.147. The molecule has 0 spiro atoms. The molecule has 1 N–H and O–H groups in total. The Bertz CT molecular complexity index is 238. The van der Waals surface area contributed by atoms with Crippen LogP contribution in [0.1, 0.15) is 46.0 Å². The molecule has 1 amide bonds. The summed E-state index contributed by atoms with van der Waals surface area (Å²) in [7, 11) is 0. The van der Waals surface area contributed by atoms with Crippen LogP contribution in [-0.4, -0.2) is 50.2 Å². The van der Waals surface area contributed by atoms with Crippen LogP contribution >= 0.6 is 0 Å². The summed E-state index contributed by atoms with van der Waals surface area (Å²) >= 11 is 0. The lowest BCUT2D eigenvalue weighted by Gasteiger charge is -2.21. The van der Waals surface area contributed by atoms with Gasteiger partial charge in [-0.05, 0) is 25.3 Å². The maximum Gasteiger partial charge on any atom is 0.248 e. The van der Waals surface area contributed by atoms with E-state index in [4.69, 9.17) is 4.74 Å². The lowest BCUT2D eigenvalue weighted by atomic mass is 10.0. The Morgan fingerprint density at radius 1 is 1.32 bits per heavy atom. The summed E-state index contributed by atoms with van der Waals surface area (Å²) in [4.78, 5) is 13.9. The third-order valence-corrected chi connectivity index (χ3v) is 3.82. The smallest absolute Gasteiger partial charge is 0.248 e. The Labute approximate surface area is 117 Å². The number of carbonyl (C=O) groups is 1. The molecule has 0 aromatic heterocycles. The Kier molecular flexibility index (Phi) is 8.84. The van der Waals surface area contributed by atoms with Crippen molar-refractivity contribution < 1.29 is 9.53 Å². The molecule has 1 atom stereocenters. The van der Waals surface area contributed by atoms with Crippen molar-refractivity contribution >= 4 is 5.91 Å². The summed E-state index contributed by atoms with van der Waals surface area (Å²) in [5, 5.41) is 3.30. The molecule has 0 aromatic carbocycles. The van der Waals surface area contributed by atoms with E-state index in [-0.39, 0.29) is 12.5 Å². The summed E-state index contributed by atoms with van der Waals surface area (Å²) in [5.41, 5.74) is 0. The lowest BCUT2D eigenvalue weighted by molar-refractivity contribution is -0.136. The van der Waals surface area contributed by atoms with Gasteiger partial charge in [0.05, 0.1) is 6.61 Å². The number of carbonyl (C=O) groups excluding carboxylic acids is 1. The van der Waals surface area contributed by atoms with Gasteiger partial charge < -0.3 is 15.0 Å². The van der Waals surface area contributed by atoms with E-state index in [1.54, 1.807) is 0 Å². The average molecular weight is 270 g/mol. The van der Waals surface area contributed by atoms with E-state index in [0.29, 0.717) is 5.92 Å². The molecular weight excluding hydrogens is 240 g/mol. The number of hydrogen-bond acceptors (Lipinski definition) is 3. The van der Waals surface area contributed by atoms with E-state index in [1.165, 1.54) is 19.3 Å². The van der Waals surface area contributed by atoms with Crippen LogP contribution in [0.15, 0.2) is 0 Å². The third-order valence-electron chi connectivity index (χ3n) is 3.82. The molecule has 19 heavy (non-hydrogen) atoms. The summed E-state index contributed by atoms with van der Waals surface area (Å²) in [6, 6.07) is 0. The second-order valence-electron chi connectivity index (χ2n) is 5.42. The molecular formula is C15H30N2O2. The van der Waals surface area contributed by atoms with Crippen LogP contribution in [0, 0.1) is 5.92 Å². The van der Waals surface area contributed by atoms with E-state index >= 15 is 0 Å². The average Bonchev–Trinajstić information content (AvgIpc) is 2.71. The standard InChI is InChI=1S/C15H30N2O2/c1-3-5-7-14(4-2)12-19-13-15(18)17-10-6-8-16-9-11-17/h14,16H,3-13H2,1-2H3. The van der Waals surface area contributed by atoms with Crippen molar-refractivity contribution in [2.24, 2.45) is 5.92 Å². The first-order valence-electron chi connectivity index (χ1n) is 7.84. The summed E-state index contributed by atoms with van der Waals surface area (Å²) < 4.78 is 5.63. The van der Waals surface area contributed by atoms with Gasteiger partial charge in [0.25, 0.3) is 0 Å². The number of rotatable bonds is 8. The van der Waals surface area contributed by atoms with Gasteiger partial charge in [0, 0.05) is 19.6 Å². The Morgan fingerprint density at radius 2 is 2.16 bits per heavy atom. The summed E-state index contributed by atoms with van der Waals surface area (Å²) in [6.07, 6.45) is 5.89. The first-order valence-corrected chi connectivity index (χ1v) is 7.84. The topological polar surface area (TPSA) is 41.6 Å². The van der Waals surface area contributed by atoms with Crippen LogP contribution in [0.2, 0.25) is 0 Å². The molecule has 0 radical (unpaired) electrons. The molecule has 1 rings (SSSR count). The van der Waals surface area contributed by atoms with Gasteiger partial charge in [-0.3, -0.25) is 4.79 Å². The van der Waals surface area contributed by atoms with Crippen molar-refractivity contribution in [1.82, 2.24) is 10.2 Å². The molecule has 1 unspecified atom stereocenters. The minimum absolute atomic E-state index is 0.147. The Hall–Kier alpha value is -0.610. The highest BCUT2D eigenvalue weighted by Gasteiger charge is 2.15. The number of nitrogens with one attached hydrogen (secondary N) is 1. The number of hydrogen-bond donors (Lipinski definition) is 1. The molecule has 4 heteroatoms. The van der Waals surface area contributed by atoms with Gasteiger partial charge in [-0.15, -0.1) is 0 Å². The monoisotopic (exact) mass is 270 g/mol. The largest absolute Gasteiger partial charge is 0.371 e. The van der Waals surface area contributed by atoms with Crippen LogP contribution in [0.25, 0.3) is 0 Å². The van der Waals surface area contributed by atoms with E-state index in [9.17, 15) is 4.79 Å². The number of nitrogens with zero attached hydrogens (tertiary/aromatic N) is 1. The molecule has 0 aromatic rings. The number of unbranched alkanes of at least 4 members (excludes halogenated alkanes) is 1. The molecule has 1 aliphatic rings. The fourth-order valence-electron chi connectivity index (χ4n) is 2.40. The van der Waals surface area contributed by atoms with E-state index < -0.39 is 0 Å². The van der Waals surface area contributed by atoms with E-state index in [2.05, 4.69) is 19.2 Å². The highest BCUT2D eigenvalue weighted by molar-refractivity contribution is 5.77. The summed E-state index contributed by atoms with van der Waals surface area (Å²) in [5.74, 6) is 0.757. The molecule has 1 heterocycles. The van der Waals surface area contributed by atoms with E-state index in [0.717, 1.165) is 45.6 Å². The van der Waals surface area contributed by atoms with Crippen molar-refractivity contribution in [1.29, 1.82) is 0 Å². The number of amides is 1. The molecule has 0 bridgehead atoms. The van der Waals surface area contributed by atoms with E-state index in [1.807, 2.05) is 4.90 Å². The second-order valence-corrected chi connectivity index (χ2v) is 5.42. The van der Waals surface area contributed by atoms with Crippen LogP contribution in [0.3, 0.4) is 0 Å². The van der Waals surface area contributed by atoms with Gasteiger partial charge in [0.1, 0.15) is 6.61 Å². The van der Waals surface area contributed by atoms with Crippen LogP contribution in [0.4, 0.5) is 0 Å². The van der Waals surface area contributed by atoms with Crippen molar-refractivity contribution in [3.05, 3.63) is 0 Å². The molecule has 1 saturated heterocycles. The van der Waals surface area contributed by atoms with Crippen LogP contribution in [-0.2, 0) is 9.53 Å². The maximum absolute atomic E-state index is 12.0. The van der Waals surface area contributed by atoms with Crippen LogP contribution in [0.5, 0.6) is 0 Å². The van der Waals surface area contributed by atoms with Gasteiger partial charge in [-0.25, -0.2) is 0 Å². The highest BCUT2D eigenvalue weighted by atomic mass is 16.5. The van der Waals surface area contributed by atoms with Crippen LogP contribution < -0.4 is 5.32 Å². The zero-order valence-electron chi connectivity index (χ0n) is 12.6. The van der Waals surface area contributed by atoms with Gasteiger partial charge in [0.15, 0.2) is 0 Å². The molecule has 1 aliphatic heterocycles. The fraction of sp³-hybridized carbons (Fsp3) is 0.933. The first-order chi connectivity index (χ1) is 9.27. The predicted molar refractivity (Wildman–Crippen MR) is 78.2 cm³/mol. The molecule has 0 aliphatic carbocycles. The normalized spacial score (nSPS) is 18.1. The zero-order chi connectivity index (χ0) is 13.9. The quantitative estimate of drug-likeness (QED) is 0.734. The van der Waals surface area contributed by atoms with Crippen molar-refractivity contribution in [3.63, 3.8) is 0 Å². The van der Waals surface area contributed by atoms with Gasteiger partial charge in [-0.1, -0.05) is 33.1 Å². The summed E-state index contributed by atoms with van der Waals surface area (Å²) in [6.45, 7) is 8.99. The third kappa shape index (κ3) is 6.92. The molecule has 1 fully saturated rings. The van der Waals surface area contributed by atoms with Gasteiger partial charge >= 0.3 is 0 Å². The SMILES string of the molecule is CCCCC(CC)COCC(=O)N1CCCNCC1. The molecule has 112 valence electrons. The molecule has 0 saturated carbocycles. The van der Waals surface area contributed by atoms with Crippen molar-refractivity contribution in [2.45, 2.75) is 46.0 Å². The first kappa shape index (κ1) is 16.4. The van der Waals surface area contributed by atoms with Crippen molar-refractivity contribution in [2.75, 3.05) is 39.4 Å². The molecule has 4 nitrogen and oxygen atoms in total.